The summed E-state index contributed by atoms with van der Waals surface area (Å²) in [6.07, 6.45) is 1.29. The van der Waals surface area contributed by atoms with Gasteiger partial charge in [0.1, 0.15) is 0 Å². The van der Waals surface area contributed by atoms with Crippen LogP contribution in [0.2, 0.25) is 0 Å². The lowest BCUT2D eigenvalue weighted by molar-refractivity contribution is 0.142. The summed E-state index contributed by atoms with van der Waals surface area (Å²) in [4.78, 5) is 2.54. The van der Waals surface area contributed by atoms with Crippen molar-refractivity contribution in [2.45, 2.75) is 13.0 Å². The van der Waals surface area contributed by atoms with Crippen LogP contribution in [0.15, 0.2) is 12.1 Å². The molecule has 5 nitrogen and oxygen atoms in total. The second kappa shape index (κ2) is 6.75. The first-order chi connectivity index (χ1) is 10.7. The molecule has 2 fully saturated rings. The molecule has 0 bridgehead atoms. The average Bonchev–Trinajstić information content (AvgIpc) is 3.01. The lowest BCUT2D eigenvalue weighted by Crippen LogP contribution is -2.39. The molecule has 1 aromatic carbocycles. The van der Waals surface area contributed by atoms with Gasteiger partial charge in [-0.05, 0) is 55.6 Å². The average molecular weight is 306 g/mol. The molecule has 5 heteroatoms. The van der Waals surface area contributed by atoms with E-state index >= 15 is 0 Å². The van der Waals surface area contributed by atoms with Crippen LogP contribution in [-0.4, -0.2) is 52.4 Å². The maximum Gasteiger partial charge on any atom is 0.203 e. The second-order valence-electron chi connectivity index (χ2n) is 6.24. The number of methoxy groups -OCH3 is 3. The predicted octanol–water partition coefficient (Wildman–Crippen LogP) is 1.75. The number of rotatable bonds is 5. The van der Waals surface area contributed by atoms with Gasteiger partial charge < -0.3 is 19.5 Å². The lowest BCUT2D eigenvalue weighted by atomic mass is 9.88. The van der Waals surface area contributed by atoms with Gasteiger partial charge in [-0.2, -0.15) is 0 Å². The van der Waals surface area contributed by atoms with E-state index in [1.807, 2.05) is 0 Å². The van der Waals surface area contributed by atoms with Crippen LogP contribution >= 0.6 is 0 Å². The number of ether oxygens (including phenoxy) is 3. The molecule has 0 amide bonds. The van der Waals surface area contributed by atoms with Crippen LogP contribution in [0.5, 0.6) is 17.2 Å². The minimum atomic E-state index is 0.660. The van der Waals surface area contributed by atoms with E-state index in [1.54, 1.807) is 21.3 Å². The van der Waals surface area contributed by atoms with Crippen LogP contribution in [0.4, 0.5) is 0 Å². The molecule has 0 radical (unpaired) electrons. The van der Waals surface area contributed by atoms with Gasteiger partial charge >= 0.3 is 0 Å². The van der Waals surface area contributed by atoms with Crippen LogP contribution in [0.3, 0.4) is 0 Å². The molecule has 2 atom stereocenters. The van der Waals surface area contributed by atoms with Crippen LogP contribution in [0.25, 0.3) is 0 Å². The topological polar surface area (TPSA) is 43.0 Å². The third-order valence-electron chi connectivity index (χ3n) is 4.92. The van der Waals surface area contributed by atoms with Gasteiger partial charge in [0, 0.05) is 13.1 Å². The highest BCUT2D eigenvalue weighted by Gasteiger charge is 2.32. The van der Waals surface area contributed by atoms with Crippen molar-refractivity contribution in [1.29, 1.82) is 0 Å². The molecule has 0 saturated carbocycles. The monoisotopic (exact) mass is 306 g/mol. The van der Waals surface area contributed by atoms with Crippen molar-refractivity contribution >= 4 is 0 Å². The zero-order valence-corrected chi connectivity index (χ0v) is 13.7. The number of fused-ring (bicyclic) bond motifs is 1. The molecule has 2 saturated heterocycles. The Hall–Kier alpha value is -1.46. The largest absolute Gasteiger partial charge is 0.493 e. The summed E-state index contributed by atoms with van der Waals surface area (Å²) in [6.45, 7) is 5.63. The van der Waals surface area contributed by atoms with Gasteiger partial charge in [-0.25, -0.2) is 0 Å². The molecular weight excluding hydrogens is 280 g/mol. The number of likely N-dealkylation sites (tertiary alicyclic amines) is 1. The number of nitrogens with zero attached hydrogens (tertiary/aromatic N) is 1. The van der Waals surface area contributed by atoms with E-state index < -0.39 is 0 Å². The molecule has 1 N–H and O–H groups in total. The number of nitrogens with one attached hydrogen (secondary N) is 1. The predicted molar refractivity (Wildman–Crippen MR) is 85.8 cm³/mol. The maximum atomic E-state index is 5.44. The molecule has 0 aromatic heterocycles. The van der Waals surface area contributed by atoms with Crippen LogP contribution < -0.4 is 19.5 Å². The van der Waals surface area contributed by atoms with Crippen LogP contribution in [0, 0.1) is 11.8 Å². The first-order valence-electron chi connectivity index (χ1n) is 7.97. The standard InChI is InChI=1S/C17H26N2O3/c1-20-15-6-12(7-16(21-2)17(15)22-3)10-19-5-4-13-8-18-9-14(13)11-19/h6-7,13-14,18H,4-5,8-11H2,1-3H3. The number of hydrogen-bond acceptors (Lipinski definition) is 5. The Morgan fingerprint density at radius 2 is 1.73 bits per heavy atom. The van der Waals surface area contributed by atoms with E-state index in [0.717, 1.165) is 36.4 Å². The summed E-state index contributed by atoms with van der Waals surface area (Å²) in [6, 6.07) is 4.11. The first-order valence-corrected chi connectivity index (χ1v) is 7.97. The summed E-state index contributed by atoms with van der Waals surface area (Å²) in [5.41, 5.74) is 1.21. The van der Waals surface area contributed by atoms with Crippen molar-refractivity contribution in [2.24, 2.45) is 11.8 Å². The van der Waals surface area contributed by atoms with Crippen molar-refractivity contribution in [3.05, 3.63) is 17.7 Å². The second-order valence-corrected chi connectivity index (χ2v) is 6.24. The molecule has 3 rings (SSSR count). The molecule has 22 heavy (non-hydrogen) atoms. The Morgan fingerprint density at radius 1 is 1.05 bits per heavy atom. The van der Waals surface area contributed by atoms with Crippen molar-refractivity contribution in [1.82, 2.24) is 10.2 Å². The third-order valence-corrected chi connectivity index (χ3v) is 4.92. The fourth-order valence-electron chi connectivity index (χ4n) is 3.74. The molecule has 0 aliphatic carbocycles. The maximum absolute atomic E-state index is 5.44. The molecule has 122 valence electrons. The Bertz CT molecular complexity index is 496. The molecule has 0 spiro atoms. The smallest absolute Gasteiger partial charge is 0.203 e. The Labute approximate surface area is 132 Å². The zero-order chi connectivity index (χ0) is 15.5. The highest BCUT2D eigenvalue weighted by molar-refractivity contribution is 5.53. The summed E-state index contributed by atoms with van der Waals surface area (Å²) < 4.78 is 16.3. The molecule has 2 aliphatic heterocycles. The zero-order valence-electron chi connectivity index (χ0n) is 13.7. The highest BCUT2D eigenvalue weighted by Crippen LogP contribution is 2.38. The number of piperidine rings is 1. The van der Waals surface area contributed by atoms with E-state index in [2.05, 4.69) is 22.3 Å². The van der Waals surface area contributed by atoms with Crippen molar-refractivity contribution in [3.63, 3.8) is 0 Å². The minimum Gasteiger partial charge on any atom is -0.493 e. The molecular formula is C17H26N2O3. The van der Waals surface area contributed by atoms with Gasteiger partial charge in [0.25, 0.3) is 0 Å². The van der Waals surface area contributed by atoms with E-state index in [0.29, 0.717) is 5.75 Å². The fraction of sp³-hybridized carbons (Fsp3) is 0.647. The van der Waals surface area contributed by atoms with Gasteiger partial charge in [-0.1, -0.05) is 0 Å². The van der Waals surface area contributed by atoms with Crippen molar-refractivity contribution in [3.8, 4) is 17.2 Å². The van der Waals surface area contributed by atoms with Crippen LogP contribution in [-0.2, 0) is 6.54 Å². The SMILES string of the molecule is COc1cc(CN2CCC3CNCC3C2)cc(OC)c1OC. The highest BCUT2D eigenvalue weighted by atomic mass is 16.5. The van der Waals surface area contributed by atoms with E-state index in [1.165, 1.54) is 31.6 Å². The van der Waals surface area contributed by atoms with Crippen molar-refractivity contribution < 1.29 is 14.2 Å². The normalized spacial score (nSPS) is 24.9. The van der Waals surface area contributed by atoms with E-state index in [9.17, 15) is 0 Å². The van der Waals surface area contributed by atoms with Gasteiger partial charge in [0.2, 0.25) is 5.75 Å². The van der Waals surface area contributed by atoms with Gasteiger partial charge in [-0.15, -0.1) is 0 Å². The minimum absolute atomic E-state index is 0.660. The van der Waals surface area contributed by atoms with Gasteiger partial charge in [-0.3, -0.25) is 4.90 Å². The quantitative estimate of drug-likeness (QED) is 0.898. The molecule has 2 aliphatic rings. The summed E-state index contributed by atoms with van der Waals surface area (Å²) in [5.74, 6) is 3.79. The summed E-state index contributed by atoms with van der Waals surface area (Å²) in [5, 5.41) is 3.52. The summed E-state index contributed by atoms with van der Waals surface area (Å²) >= 11 is 0. The third kappa shape index (κ3) is 3.01. The van der Waals surface area contributed by atoms with Gasteiger partial charge in [0.15, 0.2) is 11.5 Å². The van der Waals surface area contributed by atoms with Crippen LogP contribution in [0.1, 0.15) is 12.0 Å². The number of benzene rings is 1. The molecule has 2 heterocycles. The van der Waals surface area contributed by atoms with Gasteiger partial charge in [0.05, 0.1) is 21.3 Å². The Kier molecular flexibility index (Phi) is 4.74. The van der Waals surface area contributed by atoms with Crippen molar-refractivity contribution in [2.75, 3.05) is 47.5 Å². The molecule has 1 aromatic rings. The Morgan fingerprint density at radius 3 is 2.36 bits per heavy atom. The van der Waals surface area contributed by atoms with E-state index in [-0.39, 0.29) is 0 Å². The lowest BCUT2D eigenvalue weighted by Gasteiger charge is -2.34. The number of hydrogen-bond donors (Lipinski definition) is 1. The summed E-state index contributed by atoms with van der Waals surface area (Å²) in [7, 11) is 4.96. The van der Waals surface area contributed by atoms with E-state index in [4.69, 9.17) is 14.2 Å². The molecule has 2 unspecified atom stereocenters. The Balaban J connectivity index is 1.74. The fourth-order valence-corrected chi connectivity index (χ4v) is 3.74. The first kappa shape index (κ1) is 15.4.